The summed E-state index contributed by atoms with van der Waals surface area (Å²) in [7, 11) is -3.68. The topological polar surface area (TPSA) is 151 Å². The van der Waals surface area contributed by atoms with Gasteiger partial charge in [0.25, 0.3) is 10.1 Å². The number of thiophene rings is 5. The molecule has 0 aliphatic rings. The number of carbonyl (C=O) groups is 1. The van der Waals surface area contributed by atoms with Gasteiger partial charge in [0, 0.05) is 36.5 Å². The van der Waals surface area contributed by atoms with Crippen LogP contribution in [0.15, 0.2) is 177 Å². The lowest BCUT2D eigenvalue weighted by molar-refractivity contribution is -0.136. The van der Waals surface area contributed by atoms with Gasteiger partial charge in [-0.3, -0.25) is 8.98 Å². The summed E-state index contributed by atoms with van der Waals surface area (Å²) in [5, 5.41) is 42.9. The fourth-order valence-electron chi connectivity index (χ4n) is 7.88. The van der Waals surface area contributed by atoms with Crippen LogP contribution in [-0.4, -0.2) is 49.7 Å². The molecule has 8 nitrogen and oxygen atoms in total. The monoisotopic (exact) mass is 1160 g/mol. The van der Waals surface area contributed by atoms with Crippen LogP contribution in [0.2, 0.25) is 0 Å². The molecule has 0 fully saturated rings. The number of halogens is 2. The molecule has 394 valence electrons. The van der Waals surface area contributed by atoms with Crippen LogP contribution >= 0.6 is 79.9 Å². The average molecular weight is 1170 g/mol. The van der Waals surface area contributed by atoms with Gasteiger partial charge in [0.15, 0.2) is 0 Å². The number of nitrogens with zero attached hydrogens (tertiary/aromatic N) is 1. The van der Waals surface area contributed by atoms with E-state index in [-0.39, 0.29) is 29.9 Å². The molecule has 0 radical (unpaired) electrons. The molecule has 0 atom stereocenters. The van der Waals surface area contributed by atoms with Crippen molar-refractivity contribution in [1.82, 2.24) is 0 Å². The van der Waals surface area contributed by atoms with Crippen LogP contribution in [-0.2, 0) is 51.2 Å². The van der Waals surface area contributed by atoms with Crippen LogP contribution in [0.5, 0.6) is 0 Å². The average Bonchev–Trinajstić information content (AvgIpc) is 4.30. The van der Waals surface area contributed by atoms with Crippen molar-refractivity contribution in [2.24, 2.45) is 5.73 Å². The second-order valence-corrected chi connectivity index (χ2v) is 23.8. The Labute approximate surface area is 475 Å². The van der Waals surface area contributed by atoms with Crippen molar-refractivity contribution in [3.05, 3.63) is 206 Å². The number of aliphatic hydroxyl groups is 1. The number of aliphatic carboxylic acids is 1. The number of rotatable bonds is 14. The van der Waals surface area contributed by atoms with E-state index >= 15 is 0 Å². The second kappa shape index (κ2) is 31.6. The van der Waals surface area contributed by atoms with Gasteiger partial charge in [-0.2, -0.15) is 13.7 Å². The Morgan fingerprint density at radius 3 is 1.30 bits per heavy atom. The number of aryl methyl sites for hydroxylation is 3. The first-order chi connectivity index (χ1) is 37.0. The highest BCUT2D eigenvalue weighted by Gasteiger charge is 2.15. The minimum Gasteiger partial charge on any atom is -0.481 e. The largest absolute Gasteiger partial charge is 0.481 e. The van der Waals surface area contributed by atoms with E-state index in [4.69, 9.17) is 48.6 Å². The molecule has 0 saturated heterocycles. The first-order valence-electron chi connectivity index (χ1n) is 24.2. The summed E-state index contributed by atoms with van der Waals surface area (Å²) in [4.78, 5) is 10.7. The fraction of sp³-hybridized carbons (Fsp3) is 0.200. The van der Waals surface area contributed by atoms with Crippen molar-refractivity contribution in [2.75, 3.05) is 25.1 Å². The first-order valence-corrected chi connectivity index (χ1v) is 31.1. The van der Waals surface area contributed by atoms with Gasteiger partial charge < -0.3 is 15.9 Å². The van der Waals surface area contributed by atoms with Crippen LogP contribution < -0.4 is 5.73 Å². The van der Waals surface area contributed by atoms with Crippen LogP contribution in [0.1, 0.15) is 46.2 Å². The van der Waals surface area contributed by atoms with E-state index in [1.54, 1.807) is 69.6 Å². The molecule has 0 saturated carbocycles. The second-order valence-electron chi connectivity index (χ2n) is 16.8. The number of nitriles is 1. The third-order valence-electron chi connectivity index (χ3n) is 11.6. The summed E-state index contributed by atoms with van der Waals surface area (Å²) in [6.45, 7) is 3.08. The Morgan fingerprint density at radius 1 is 0.566 bits per heavy atom. The van der Waals surface area contributed by atoms with Gasteiger partial charge in [0.05, 0.1) is 29.3 Å². The molecule has 0 amide bonds. The standard InChI is InChI=1S/C17H16O3S2.C11H13NS.C11H9NS.C10H8O2S.C10H10OS.CH2Cl2/c1-13-6-8-15(9-7-13)22(18,19)20-11-10-14-12-21-17-5-3-2-4-16(14)17;2*12-7-3-4-9-8-13-11-6-2-1-5-10(9)11;11-10(12)5-7-6-13-9-4-2-1-3-8(7)9;11-6-5-8-7-12-10-4-2-1-3-9(8)10;2-1-3/h2-9,12H,10-11H2,1H3;1-2,5-6,8H,3-4,7,12H2;1-2,5-6,8H,3-4H2;1-4,6H,5H2,(H,11,12);1-4,7,11H,5-6H2;1H2. The maximum Gasteiger partial charge on any atom is 0.307 e. The Kier molecular flexibility index (Phi) is 24.9. The summed E-state index contributed by atoms with van der Waals surface area (Å²) < 4.78 is 35.8. The maximum atomic E-state index is 12.1. The third-order valence-corrected chi connectivity index (χ3v) is 18.0. The SMILES string of the molecule is Cc1ccc(S(=O)(=O)OCCc2csc3ccccc23)cc1.ClCCl.N#CCCc1csc2ccccc12.NCCCc1csc2ccccc12.O=C(O)Cc1csc2ccccc12.OCCc1csc2ccccc12. The lowest BCUT2D eigenvalue weighted by atomic mass is 10.1. The normalized spacial score (nSPS) is 10.7. The molecule has 4 N–H and O–H groups in total. The van der Waals surface area contributed by atoms with E-state index in [1.165, 1.54) is 57.0 Å². The molecule has 5 aromatic heterocycles. The lowest BCUT2D eigenvalue weighted by Gasteiger charge is -2.06. The fourth-order valence-corrected chi connectivity index (χ4v) is 13.7. The number of carboxylic acids is 1. The molecule has 0 aliphatic carbocycles. The van der Waals surface area contributed by atoms with Crippen molar-refractivity contribution in [2.45, 2.75) is 56.8 Å². The zero-order valence-corrected chi connectivity index (χ0v) is 48.2. The van der Waals surface area contributed by atoms with Gasteiger partial charge >= 0.3 is 5.97 Å². The van der Waals surface area contributed by atoms with Crippen LogP contribution in [0.3, 0.4) is 0 Å². The van der Waals surface area contributed by atoms with Gasteiger partial charge in [-0.25, -0.2) is 0 Å². The number of fused-ring (bicyclic) bond motifs is 5. The first kappa shape index (κ1) is 59.7. The molecule has 76 heavy (non-hydrogen) atoms. The molecule has 0 unspecified atom stereocenters. The zero-order chi connectivity index (χ0) is 54.1. The molecular weight excluding hydrogens is 1110 g/mol. The number of hydrogen-bond donors (Lipinski definition) is 3. The number of benzene rings is 6. The minimum atomic E-state index is -3.68. The third kappa shape index (κ3) is 17.8. The van der Waals surface area contributed by atoms with Crippen molar-refractivity contribution < 1.29 is 27.6 Å². The number of alkyl halides is 2. The summed E-state index contributed by atoms with van der Waals surface area (Å²) >= 11 is 18.1. The molecule has 6 aromatic carbocycles. The van der Waals surface area contributed by atoms with Crippen LogP contribution in [0, 0.1) is 18.3 Å². The smallest absolute Gasteiger partial charge is 0.307 e. The Balaban J connectivity index is 0.000000155. The highest BCUT2D eigenvalue weighted by Crippen LogP contribution is 2.30. The molecule has 11 rings (SSSR count). The van der Waals surface area contributed by atoms with E-state index < -0.39 is 16.1 Å². The van der Waals surface area contributed by atoms with Crippen molar-refractivity contribution in [3.63, 3.8) is 0 Å². The highest BCUT2D eigenvalue weighted by molar-refractivity contribution is 7.86. The summed E-state index contributed by atoms with van der Waals surface area (Å²) in [5.74, 6) is -0.774. The summed E-state index contributed by atoms with van der Waals surface area (Å²) in [6, 6.07) is 50.0. The number of aliphatic hydroxyl groups excluding tert-OH is 1. The van der Waals surface area contributed by atoms with Crippen molar-refractivity contribution >= 4 is 146 Å². The Morgan fingerprint density at radius 2 is 0.921 bits per heavy atom. The van der Waals surface area contributed by atoms with Crippen LogP contribution in [0.4, 0.5) is 0 Å². The number of nitrogens with two attached hydrogens (primary N) is 1. The van der Waals surface area contributed by atoms with Gasteiger partial charge in [0.2, 0.25) is 0 Å². The van der Waals surface area contributed by atoms with Gasteiger partial charge in [-0.1, -0.05) is 109 Å². The van der Waals surface area contributed by atoms with Crippen LogP contribution in [0.25, 0.3) is 50.4 Å². The van der Waals surface area contributed by atoms with E-state index in [0.717, 1.165) is 59.0 Å². The molecular formula is C60H58Cl2N2O6S6. The van der Waals surface area contributed by atoms with Crippen molar-refractivity contribution in [1.29, 1.82) is 5.26 Å². The molecule has 5 heterocycles. The Hall–Kier alpha value is -5.51. The number of hydrogen-bond acceptors (Lipinski definition) is 12. The summed E-state index contributed by atoms with van der Waals surface area (Å²) in [6.07, 6.45) is 5.14. The predicted molar refractivity (Wildman–Crippen MR) is 327 cm³/mol. The maximum absolute atomic E-state index is 12.1. The van der Waals surface area contributed by atoms with E-state index in [0.29, 0.717) is 12.8 Å². The molecule has 0 bridgehead atoms. The molecule has 16 heteroatoms. The predicted octanol–water partition coefficient (Wildman–Crippen LogP) is 16.7. The molecule has 0 spiro atoms. The lowest BCUT2D eigenvalue weighted by Crippen LogP contribution is -2.09. The quantitative estimate of drug-likeness (QED) is 0.0719. The zero-order valence-electron chi connectivity index (χ0n) is 41.8. The Bertz CT molecular complexity index is 3670. The van der Waals surface area contributed by atoms with E-state index in [1.807, 2.05) is 84.3 Å². The van der Waals surface area contributed by atoms with Gasteiger partial charge in [-0.15, -0.1) is 79.9 Å². The number of carboxylic acid groups (broad SMARTS) is 1. The summed E-state index contributed by atoms with van der Waals surface area (Å²) in [5.41, 5.74) is 12.6. The van der Waals surface area contributed by atoms with E-state index in [2.05, 4.69) is 88.3 Å². The van der Waals surface area contributed by atoms with Gasteiger partial charge in [-0.05, 0) is 170 Å². The van der Waals surface area contributed by atoms with E-state index in [9.17, 15) is 13.2 Å². The molecule has 11 aromatic rings. The highest BCUT2D eigenvalue weighted by atomic mass is 35.5. The van der Waals surface area contributed by atoms with Crippen molar-refractivity contribution in [3.8, 4) is 6.07 Å². The van der Waals surface area contributed by atoms with Gasteiger partial charge in [0.1, 0.15) is 0 Å². The molecule has 0 aliphatic heterocycles. The minimum absolute atomic E-state index is 0.115.